The number of aryl methyl sites for hydroxylation is 1. The highest BCUT2D eigenvalue weighted by molar-refractivity contribution is 7.92. The zero-order chi connectivity index (χ0) is 18.7. The van der Waals surface area contributed by atoms with Gasteiger partial charge in [0.2, 0.25) is 0 Å². The van der Waals surface area contributed by atoms with Crippen molar-refractivity contribution in [3.8, 4) is 0 Å². The van der Waals surface area contributed by atoms with Gasteiger partial charge in [-0.2, -0.15) is 0 Å². The van der Waals surface area contributed by atoms with Crippen molar-refractivity contribution in [1.82, 2.24) is 4.98 Å². The van der Waals surface area contributed by atoms with Crippen LogP contribution in [-0.2, 0) is 10.0 Å². The molecule has 5 nitrogen and oxygen atoms in total. The highest BCUT2D eigenvalue weighted by atomic mass is 32.2. The lowest BCUT2D eigenvalue weighted by atomic mass is 10.2. The smallest absolute Gasteiger partial charge is 0.262 e. The van der Waals surface area contributed by atoms with E-state index in [1.165, 1.54) is 30.5 Å². The first-order valence-electron chi connectivity index (χ1n) is 7.62. The lowest BCUT2D eigenvalue weighted by Gasteiger charge is -2.11. The Labute approximate surface area is 149 Å². The molecule has 0 saturated heterocycles. The summed E-state index contributed by atoms with van der Waals surface area (Å²) < 4.78 is 54.6. The van der Waals surface area contributed by atoms with Crippen molar-refractivity contribution in [2.75, 3.05) is 10.0 Å². The van der Waals surface area contributed by atoms with Crippen molar-refractivity contribution in [3.63, 3.8) is 0 Å². The Morgan fingerprint density at radius 2 is 1.62 bits per heavy atom. The maximum Gasteiger partial charge on any atom is 0.262 e. The Bertz CT molecular complexity index is 1020. The molecule has 0 unspecified atom stereocenters. The summed E-state index contributed by atoms with van der Waals surface area (Å²) in [5, 5.41) is 2.53. The molecule has 0 fully saturated rings. The zero-order valence-electron chi connectivity index (χ0n) is 13.7. The fourth-order valence-corrected chi connectivity index (χ4v) is 3.63. The number of para-hydroxylation sites is 1. The van der Waals surface area contributed by atoms with Gasteiger partial charge in [-0.25, -0.2) is 22.2 Å². The van der Waals surface area contributed by atoms with Crippen LogP contribution in [0.5, 0.6) is 0 Å². The number of rotatable bonds is 5. The number of benzene rings is 2. The first-order chi connectivity index (χ1) is 12.4. The van der Waals surface area contributed by atoms with Crippen LogP contribution in [-0.4, -0.2) is 13.4 Å². The fraction of sp³-hybridized carbons (Fsp3) is 0.0556. The van der Waals surface area contributed by atoms with Crippen LogP contribution < -0.4 is 10.0 Å². The summed E-state index contributed by atoms with van der Waals surface area (Å²) in [6.45, 7) is 1.70. The van der Waals surface area contributed by atoms with E-state index in [2.05, 4.69) is 15.0 Å². The van der Waals surface area contributed by atoms with Gasteiger partial charge in [0.25, 0.3) is 10.0 Å². The second kappa shape index (κ2) is 7.09. The van der Waals surface area contributed by atoms with Gasteiger partial charge in [-0.1, -0.05) is 24.3 Å². The Morgan fingerprint density at radius 3 is 2.23 bits per heavy atom. The van der Waals surface area contributed by atoms with Crippen molar-refractivity contribution >= 4 is 27.2 Å². The van der Waals surface area contributed by atoms with Crippen molar-refractivity contribution in [3.05, 3.63) is 78.0 Å². The molecule has 0 spiro atoms. The minimum absolute atomic E-state index is 0.163. The summed E-state index contributed by atoms with van der Waals surface area (Å²) in [7, 11) is -3.76. The van der Waals surface area contributed by atoms with E-state index >= 15 is 0 Å². The molecule has 2 N–H and O–H groups in total. The molecule has 2 aromatic carbocycles. The molecule has 3 rings (SSSR count). The predicted molar refractivity (Wildman–Crippen MR) is 95.9 cm³/mol. The number of nitrogens with zero attached hydrogens (tertiary/aromatic N) is 1. The van der Waals surface area contributed by atoms with Crippen molar-refractivity contribution in [1.29, 1.82) is 0 Å². The molecule has 26 heavy (non-hydrogen) atoms. The van der Waals surface area contributed by atoms with Gasteiger partial charge in [-0.05, 0) is 42.8 Å². The summed E-state index contributed by atoms with van der Waals surface area (Å²) in [6, 6.07) is 12.9. The van der Waals surface area contributed by atoms with E-state index in [0.717, 1.165) is 12.1 Å². The van der Waals surface area contributed by atoms with E-state index in [1.54, 1.807) is 25.1 Å². The number of pyridine rings is 1. The molecule has 0 saturated carbocycles. The lowest BCUT2D eigenvalue weighted by molar-refractivity contribution is 0.590. The topological polar surface area (TPSA) is 71.1 Å². The monoisotopic (exact) mass is 375 g/mol. The fourth-order valence-electron chi connectivity index (χ4n) is 2.34. The number of hydrogen-bond acceptors (Lipinski definition) is 4. The molecule has 0 bridgehead atoms. The number of hydrogen-bond donors (Lipinski definition) is 2. The third-order valence-electron chi connectivity index (χ3n) is 3.61. The Balaban J connectivity index is 1.79. The number of anilines is 3. The second-order valence-electron chi connectivity index (χ2n) is 5.52. The third-order valence-corrected chi connectivity index (χ3v) is 5.16. The van der Waals surface area contributed by atoms with Gasteiger partial charge in [-0.3, -0.25) is 4.72 Å². The summed E-state index contributed by atoms with van der Waals surface area (Å²) in [5.41, 5.74) is 0.516. The maximum absolute atomic E-state index is 13.6. The zero-order valence-corrected chi connectivity index (χ0v) is 14.5. The minimum atomic E-state index is -3.76. The standard InChI is InChI=1S/C18H15F2N3O2S/c1-12-5-2-3-8-16(12)26(24,25)23-13-9-10-17(21-11-13)22-18-14(19)6-4-7-15(18)20/h2-11,23H,1H3,(H,21,22). The Hall–Kier alpha value is -3.00. The molecule has 0 radical (unpaired) electrons. The molecule has 1 heterocycles. The van der Waals surface area contributed by atoms with Crippen LogP contribution in [0.4, 0.5) is 26.0 Å². The number of halogens is 2. The van der Waals surface area contributed by atoms with Gasteiger partial charge in [0.05, 0.1) is 16.8 Å². The van der Waals surface area contributed by atoms with Crippen LogP contribution in [0.15, 0.2) is 65.7 Å². The Morgan fingerprint density at radius 1 is 0.923 bits per heavy atom. The van der Waals surface area contributed by atoms with Gasteiger partial charge in [0.1, 0.15) is 23.1 Å². The molecule has 134 valence electrons. The molecule has 0 aliphatic heterocycles. The van der Waals surface area contributed by atoms with E-state index in [-0.39, 0.29) is 22.1 Å². The average Bonchev–Trinajstić information content (AvgIpc) is 2.60. The van der Waals surface area contributed by atoms with Crippen molar-refractivity contribution in [2.24, 2.45) is 0 Å². The van der Waals surface area contributed by atoms with Crippen molar-refractivity contribution in [2.45, 2.75) is 11.8 Å². The molecule has 0 aliphatic rings. The summed E-state index contributed by atoms with van der Waals surface area (Å²) in [4.78, 5) is 4.15. The van der Waals surface area contributed by atoms with Gasteiger partial charge in [0.15, 0.2) is 0 Å². The molecule has 0 aliphatic carbocycles. The summed E-state index contributed by atoms with van der Waals surface area (Å²) in [5.74, 6) is -1.33. The largest absolute Gasteiger partial charge is 0.335 e. The van der Waals surface area contributed by atoms with Crippen LogP contribution >= 0.6 is 0 Å². The third kappa shape index (κ3) is 3.80. The van der Waals surface area contributed by atoms with Gasteiger partial charge in [0, 0.05) is 0 Å². The van der Waals surface area contributed by atoms with E-state index < -0.39 is 21.7 Å². The predicted octanol–water partition coefficient (Wildman–Crippen LogP) is 4.21. The summed E-state index contributed by atoms with van der Waals surface area (Å²) >= 11 is 0. The van der Waals surface area contributed by atoms with Crippen molar-refractivity contribution < 1.29 is 17.2 Å². The van der Waals surface area contributed by atoms with Crippen LogP contribution in [0, 0.1) is 18.6 Å². The highest BCUT2D eigenvalue weighted by Crippen LogP contribution is 2.23. The molecule has 3 aromatic rings. The average molecular weight is 375 g/mol. The highest BCUT2D eigenvalue weighted by Gasteiger charge is 2.16. The molecule has 8 heteroatoms. The number of nitrogens with one attached hydrogen (secondary N) is 2. The quantitative estimate of drug-likeness (QED) is 0.701. The molecular weight excluding hydrogens is 360 g/mol. The van der Waals surface area contributed by atoms with E-state index in [0.29, 0.717) is 5.56 Å². The number of sulfonamides is 1. The molecule has 1 aromatic heterocycles. The van der Waals surface area contributed by atoms with Gasteiger partial charge < -0.3 is 5.32 Å². The van der Waals surface area contributed by atoms with Crippen LogP contribution in [0.3, 0.4) is 0 Å². The SMILES string of the molecule is Cc1ccccc1S(=O)(=O)Nc1ccc(Nc2c(F)cccc2F)nc1. The summed E-state index contributed by atoms with van der Waals surface area (Å²) in [6.07, 6.45) is 1.26. The molecule has 0 amide bonds. The van der Waals surface area contributed by atoms with E-state index in [9.17, 15) is 17.2 Å². The molecular formula is C18H15F2N3O2S. The number of aromatic nitrogens is 1. The normalized spacial score (nSPS) is 11.2. The van der Waals surface area contributed by atoms with Crippen LogP contribution in [0.1, 0.15) is 5.56 Å². The minimum Gasteiger partial charge on any atom is -0.335 e. The van der Waals surface area contributed by atoms with Crippen LogP contribution in [0.25, 0.3) is 0 Å². The van der Waals surface area contributed by atoms with E-state index in [4.69, 9.17) is 0 Å². The van der Waals surface area contributed by atoms with E-state index in [1.807, 2.05) is 0 Å². The van der Waals surface area contributed by atoms with Gasteiger partial charge in [-0.15, -0.1) is 0 Å². The maximum atomic E-state index is 13.6. The lowest BCUT2D eigenvalue weighted by Crippen LogP contribution is -2.14. The molecule has 0 atom stereocenters. The first kappa shape index (κ1) is 17.8. The second-order valence-corrected chi connectivity index (χ2v) is 7.18. The first-order valence-corrected chi connectivity index (χ1v) is 9.11. The Kier molecular flexibility index (Phi) is 4.85. The van der Waals surface area contributed by atoms with Crippen LogP contribution in [0.2, 0.25) is 0 Å². The van der Waals surface area contributed by atoms with Gasteiger partial charge >= 0.3 is 0 Å².